The Balaban J connectivity index is 1.39. The Labute approximate surface area is 173 Å². The van der Waals surface area contributed by atoms with E-state index >= 15 is 0 Å². The predicted molar refractivity (Wildman–Crippen MR) is 117 cm³/mol. The third-order valence-corrected chi connectivity index (χ3v) is 6.55. The molecule has 1 spiro atoms. The first kappa shape index (κ1) is 19.9. The fraction of sp³-hybridized carbons (Fsp3) is 0.500. The van der Waals surface area contributed by atoms with Crippen molar-refractivity contribution in [1.29, 1.82) is 0 Å². The van der Waals surface area contributed by atoms with Gasteiger partial charge >= 0.3 is 0 Å². The largest absolute Gasteiger partial charge is 0.384 e. The molecule has 1 aromatic carbocycles. The van der Waals surface area contributed by atoms with Gasteiger partial charge in [-0.2, -0.15) is 0 Å². The zero-order chi connectivity index (χ0) is 20.4. The lowest BCUT2D eigenvalue weighted by Gasteiger charge is -2.40. The number of carbonyl (C=O) groups excluding carboxylic acids is 1. The monoisotopic (exact) mass is 392 g/mol. The van der Waals surface area contributed by atoms with Gasteiger partial charge in [-0.25, -0.2) is 4.98 Å². The van der Waals surface area contributed by atoms with Crippen LogP contribution in [0.3, 0.4) is 0 Å². The van der Waals surface area contributed by atoms with Gasteiger partial charge in [-0.3, -0.25) is 9.69 Å². The average Bonchev–Trinajstić information content (AvgIpc) is 3.11. The number of likely N-dealkylation sites (tertiary alicyclic amines) is 2. The van der Waals surface area contributed by atoms with Gasteiger partial charge in [0, 0.05) is 43.4 Å². The molecule has 2 aromatic rings. The molecule has 5 nitrogen and oxygen atoms in total. The van der Waals surface area contributed by atoms with Crippen LogP contribution < -0.4 is 5.73 Å². The van der Waals surface area contributed by atoms with E-state index in [9.17, 15) is 4.79 Å². The molecule has 1 amide bonds. The summed E-state index contributed by atoms with van der Waals surface area (Å²) in [6.07, 6.45) is 5.11. The number of benzene rings is 1. The molecular weight excluding hydrogens is 360 g/mol. The van der Waals surface area contributed by atoms with Crippen LogP contribution >= 0.6 is 0 Å². The number of rotatable bonds is 4. The fourth-order valence-electron chi connectivity index (χ4n) is 4.92. The summed E-state index contributed by atoms with van der Waals surface area (Å²) in [4.78, 5) is 21.5. The Bertz CT molecular complexity index is 863. The zero-order valence-electron chi connectivity index (χ0n) is 17.6. The lowest BCUT2D eigenvalue weighted by Crippen LogP contribution is -2.45. The second kappa shape index (κ2) is 8.15. The highest BCUT2D eigenvalue weighted by Crippen LogP contribution is 2.39. The summed E-state index contributed by atoms with van der Waals surface area (Å²) in [6.45, 7) is 9.35. The van der Waals surface area contributed by atoms with Gasteiger partial charge in [-0.1, -0.05) is 38.1 Å². The van der Waals surface area contributed by atoms with Crippen molar-refractivity contribution in [2.45, 2.75) is 45.6 Å². The van der Waals surface area contributed by atoms with Crippen molar-refractivity contribution in [2.75, 3.05) is 31.9 Å². The second-order valence-electron chi connectivity index (χ2n) is 9.16. The first-order valence-corrected chi connectivity index (χ1v) is 10.8. The number of nitrogens with two attached hydrogens (primary N) is 1. The van der Waals surface area contributed by atoms with E-state index in [1.165, 1.54) is 24.0 Å². The molecule has 2 N–H and O–H groups in total. The highest BCUT2D eigenvalue weighted by molar-refractivity contribution is 5.95. The Morgan fingerprint density at radius 2 is 1.93 bits per heavy atom. The molecule has 2 saturated heterocycles. The highest BCUT2D eigenvalue weighted by Gasteiger charge is 2.42. The molecule has 2 aliphatic heterocycles. The normalized spacial score (nSPS) is 22.5. The van der Waals surface area contributed by atoms with Crippen LogP contribution in [-0.2, 0) is 6.54 Å². The van der Waals surface area contributed by atoms with E-state index in [1.54, 1.807) is 18.3 Å². The number of nitrogens with zero attached hydrogens (tertiary/aromatic N) is 3. The van der Waals surface area contributed by atoms with Gasteiger partial charge in [0.05, 0.1) is 0 Å². The molecule has 0 radical (unpaired) electrons. The van der Waals surface area contributed by atoms with Crippen LogP contribution in [0.25, 0.3) is 0 Å². The number of anilines is 1. The summed E-state index contributed by atoms with van der Waals surface area (Å²) in [5, 5.41) is 0. The first-order chi connectivity index (χ1) is 13.9. The van der Waals surface area contributed by atoms with Crippen molar-refractivity contribution in [2.24, 2.45) is 5.41 Å². The number of nitrogen functional groups attached to an aromatic ring is 1. The fourth-order valence-corrected chi connectivity index (χ4v) is 4.92. The minimum atomic E-state index is 0.0809. The predicted octanol–water partition coefficient (Wildman–Crippen LogP) is 3.92. The van der Waals surface area contributed by atoms with Crippen molar-refractivity contribution in [3.63, 3.8) is 0 Å². The smallest absolute Gasteiger partial charge is 0.254 e. The molecule has 29 heavy (non-hydrogen) atoms. The molecule has 1 aromatic heterocycles. The molecule has 154 valence electrons. The lowest BCUT2D eigenvalue weighted by molar-refractivity contribution is 0.0675. The van der Waals surface area contributed by atoms with Crippen molar-refractivity contribution in [3.8, 4) is 0 Å². The maximum atomic E-state index is 12.9. The quantitative estimate of drug-likeness (QED) is 0.857. The maximum Gasteiger partial charge on any atom is 0.254 e. The first-order valence-electron chi connectivity index (χ1n) is 10.8. The van der Waals surface area contributed by atoms with Gasteiger partial charge < -0.3 is 10.6 Å². The number of hydrogen-bond donors (Lipinski definition) is 1. The Morgan fingerprint density at radius 3 is 2.66 bits per heavy atom. The summed E-state index contributed by atoms with van der Waals surface area (Å²) >= 11 is 0. The number of carbonyl (C=O) groups is 1. The Kier molecular flexibility index (Phi) is 5.59. The van der Waals surface area contributed by atoms with E-state index in [-0.39, 0.29) is 11.3 Å². The SMILES string of the molecule is CC(C)c1ccc(CN2CCC[C@]3(CCN(C(=O)c4ccnc(N)c4)C3)C2)cc1. The topological polar surface area (TPSA) is 62.5 Å². The van der Waals surface area contributed by atoms with Gasteiger partial charge in [0.25, 0.3) is 5.91 Å². The molecule has 1 atom stereocenters. The number of pyridine rings is 1. The van der Waals surface area contributed by atoms with Crippen LogP contribution in [0.4, 0.5) is 5.82 Å². The standard InChI is InChI=1S/C24H32N4O/c1-18(2)20-6-4-19(5-7-20)15-27-12-3-9-24(16-27)10-13-28(17-24)23(29)21-8-11-26-22(25)14-21/h4-8,11,14,18H,3,9-10,12-13,15-17H2,1-2H3,(H2,25,26)/t24-/m0/s1. The summed E-state index contributed by atoms with van der Waals surface area (Å²) in [5.41, 5.74) is 9.41. The summed E-state index contributed by atoms with van der Waals surface area (Å²) in [7, 11) is 0. The van der Waals surface area contributed by atoms with Gasteiger partial charge in [-0.05, 0) is 55.0 Å². The molecule has 0 aliphatic carbocycles. The highest BCUT2D eigenvalue weighted by atomic mass is 16.2. The van der Waals surface area contributed by atoms with Crippen LogP contribution in [0.2, 0.25) is 0 Å². The molecule has 2 aliphatic rings. The Hall–Kier alpha value is -2.40. The van der Waals surface area contributed by atoms with E-state index in [0.717, 1.165) is 39.1 Å². The Morgan fingerprint density at radius 1 is 1.14 bits per heavy atom. The second-order valence-corrected chi connectivity index (χ2v) is 9.16. The van der Waals surface area contributed by atoms with Gasteiger partial charge in [-0.15, -0.1) is 0 Å². The van der Waals surface area contributed by atoms with E-state index in [1.807, 2.05) is 4.90 Å². The van der Waals surface area contributed by atoms with E-state index < -0.39 is 0 Å². The van der Waals surface area contributed by atoms with Crippen LogP contribution in [0.5, 0.6) is 0 Å². The molecule has 0 saturated carbocycles. The summed E-state index contributed by atoms with van der Waals surface area (Å²) in [5.74, 6) is 1.05. The minimum Gasteiger partial charge on any atom is -0.384 e. The van der Waals surface area contributed by atoms with Crippen LogP contribution in [0.15, 0.2) is 42.6 Å². The van der Waals surface area contributed by atoms with Gasteiger partial charge in [0.1, 0.15) is 5.82 Å². The third-order valence-electron chi connectivity index (χ3n) is 6.55. The number of hydrogen-bond acceptors (Lipinski definition) is 4. The van der Waals surface area contributed by atoms with Crippen molar-refractivity contribution < 1.29 is 4.79 Å². The van der Waals surface area contributed by atoms with Crippen molar-refractivity contribution in [3.05, 3.63) is 59.3 Å². The van der Waals surface area contributed by atoms with E-state index in [0.29, 0.717) is 17.3 Å². The van der Waals surface area contributed by atoms with Crippen LogP contribution in [0.1, 0.15) is 60.5 Å². The number of amides is 1. The summed E-state index contributed by atoms with van der Waals surface area (Å²) < 4.78 is 0. The number of aromatic nitrogens is 1. The van der Waals surface area contributed by atoms with Crippen molar-refractivity contribution >= 4 is 11.7 Å². The average molecular weight is 393 g/mol. The van der Waals surface area contributed by atoms with Gasteiger partial charge in [0.15, 0.2) is 0 Å². The number of piperidine rings is 1. The lowest BCUT2D eigenvalue weighted by atomic mass is 9.79. The molecule has 3 heterocycles. The summed E-state index contributed by atoms with van der Waals surface area (Å²) in [6, 6.07) is 12.5. The van der Waals surface area contributed by atoms with Crippen LogP contribution in [0, 0.1) is 5.41 Å². The van der Waals surface area contributed by atoms with Crippen molar-refractivity contribution in [1.82, 2.24) is 14.8 Å². The molecule has 0 unspecified atom stereocenters. The molecule has 2 fully saturated rings. The van der Waals surface area contributed by atoms with E-state index in [4.69, 9.17) is 5.73 Å². The van der Waals surface area contributed by atoms with Gasteiger partial charge in [0.2, 0.25) is 0 Å². The van der Waals surface area contributed by atoms with E-state index in [2.05, 4.69) is 48.0 Å². The molecular formula is C24H32N4O. The minimum absolute atomic E-state index is 0.0809. The molecule has 0 bridgehead atoms. The third kappa shape index (κ3) is 4.45. The molecule has 4 rings (SSSR count). The molecule has 5 heteroatoms. The zero-order valence-corrected chi connectivity index (χ0v) is 17.6. The maximum absolute atomic E-state index is 12.9. The van der Waals surface area contributed by atoms with Crippen LogP contribution in [-0.4, -0.2) is 46.9 Å².